The molecular formula is C94H142N2O7. The van der Waals surface area contributed by atoms with Crippen LogP contribution in [0.2, 0.25) is 0 Å². The van der Waals surface area contributed by atoms with E-state index in [1.807, 2.05) is 0 Å². The van der Waals surface area contributed by atoms with E-state index in [0.29, 0.717) is 67.5 Å². The summed E-state index contributed by atoms with van der Waals surface area (Å²) < 4.78 is 0. The van der Waals surface area contributed by atoms with E-state index in [2.05, 4.69) is 300 Å². The van der Waals surface area contributed by atoms with Crippen molar-refractivity contribution in [2.45, 2.75) is 353 Å². The number of carbonyl (C=O) groups excluding carboxylic acids is 2. The van der Waals surface area contributed by atoms with Crippen LogP contribution in [0, 0.1) is 20.8 Å². The Labute approximate surface area is 626 Å². The van der Waals surface area contributed by atoms with Crippen LogP contribution in [0.3, 0.4) is 0 Å². The van der Waals surface area contributed by atoms with E-state index in [-0.39, 0.29) is 66.0 Å². The van der Waals surface area contributed by atoms with E-state index in [0.717, 1.165) is 112 Å². The van der Waals surface area contributed by atoms with Crippen LogP contribution in [0.1, 0.15) is 363 Å². The molecule has 0 fully saturated rings. The zero-order valence-electron chi connectivity index (χ0n) is 71.0. The summed E-state index contributed by atoms with van der Waals surface area (Å²) in [7, 11) is 0. The van der Waals surface area contributed by atoms with Crippen molar-refractivity contribution < 1.29 is 35.1 Å². The lowest BCUT2D eigenvalue weighted by molar-refractivity contribution is -0.121. The summed E-state index contributed by atoms with van der Waals surface area (Å²) in [5, 5.41) is 62.9. The molecular weight excluding hydrogens is 1270 g/mol. The highest BCUT2D eigenvalue weighted by Gasteiger charge is 2.34. The number of hydrogen-bond donors (Lipinski definition) is 7. The minimum atomic E-state index is -0.226. The number of carbonyl (C=O) groups is 2. The van der Waals surface area contributed by atoms with Gasteiger partial charge in [-0.1, -0.05) is 281 Å². The molecule has 0 aromatic heterocycles. The second-order valence-electron chi connectivity index (χ2n) is 40.7. The second-order valence-corrected chi connectivity index (χ2v) is 40.7. The molecule has 9 heteroatoms. The van der Waals surface area contributed by atoms with Gasteiger partial charge in [0.25, 0.3) is 0 Å². The molecule has 0 aliphatic carbocycles. The molecule has 0 aliphatic rings. The molecule has 7 N–H and O–H groups in total. The number of hydrogen-bond acceptors (Lipinski definition) is 7. The maximum Gasteiger partial charge on any atom is 0.220 e. The number of phenolic OH excluding ortho intramolecular Hbond substituents is 5. The average molecular weight is 1410 g/mol. The number of unbranched alkanes of at least 4 members (excludes halogenated alkanes) is 3. The highest BCUT2D eigenvalue weighted by molar-refractivity contribution is 5.77. The van der Waals surface area contributed by atoms with Crippen LogP contribution in [0.25, 0.3) is 0 Å². The van der Waals surface area contributed by atoms with Crippen molar-refractivity contribution in [1.82, 2.24) is 10.6 Å². The first-order valence-electron chi connectivity index (χ1n) is 38.5. The predicted octanol–water partition coefficient (Wildman–Crippen LogP) is 22.9. The molecule has 0 unspecified atom stereocenters. The fraction of sp³-hybridized carbons (Fsp3) is 0.596. The van der Waals surface area contributed by atoms with Gasteiger partial charge in [-0.2, -0.15) is 0 Å². The Hall–Kier alpha value is -6.74. The maximum atomic E-state index is 12.6. The first kappa shape index (κ1) is 86.9. The molecule has 570 valence electrons. The lowest BCUT2D eigenvalue weighted by Crippen LogP contribution is -2.25. The minimum absolute atomic E-state index is 0.0489. The molecule has 0 aliphatic heterocycles. The molecule has 0 bridgehead atoms. The van der Waals surface area contributed by atoms with E-state index in [1.54, 1.807) is 0 Å². The summed E-state index contributed by atoms with van der Waals surface area (Å²) in [4.78, 5) is 25.1. The smallest absolute Gasteiger partial charge is 0.220 e. The van der Waals surface area contributed by atoms with E-state index < -0.39 is 0 Å². The lowest BCUT2D eigenvalue weighted by atomic mass is 9.75. The third-order valence-corrected chi connectivity index (χ3v) is 20.8. The molecule has 103 heavy (non-hydrogen) atoms. The minimum Gasteiger partial charge on any atom is -0.507 e. The van der Waals surface area contributed by atoms with Gasteiger partial charge in [0.2, 0.25) is 11.8 Å². The predicted molar refractivity (Wildman–Crippen MR) is 438 cm³/mol. The van der Waals surface area contributed by atoms with Crippen molar-refractivity contribution in [1.29, 1.82) is 0 Å². The molecule has 0 saturated heterocycles. The molecule has 6 aromatic carbocycles. The number of nitrogens with one attached hydrogen (secondary N) is 2. The van der Waals surface area contributed by atoms with Crippen LogP contribution in [0.5, 0.6) is 28.7 Å². The molecule has 0 saturated carbocycles. The highest BCUT2D eigenvalue weighted by atomic mass is 16.3. The first-order chi connectivity index (χ1) is 46.6. The largest absolute Gasteiger partial charge is 0.507 e. The van der Waals surface area contributed by atoms with Crippen molar-refractivity contribution in [2.24, 2.45) is 0 Å². The van der Waals surface area contributed by atoms with Crippen LogP contribution in [0.15, 0.2) is 60.7 Å². The summed E-state index contributed by atoms with van der Waals surface area (Å²) in [6.45, 7) is 72.7. The third-order valence-electron chi connectivity index (χ3n) is 20.8. The molecule has 9 nitrogen and oxygen atoms in total. The quantitative estimate of drug-likeness (QED) is 0.0398. The Morgan fingerprint density at radius 1 is 0.262 bits per heavy atom. The van der Waals surface area contributed by atoms with E-state index in [9.17, 15) is 35.1 Å². The molecule has 6 aromatic rings. The van der Waals surface area contributed by atoms with Crippen molar-refractivity contribution in [2.75, 3.05) is 13.1 Å². The van der Waals surface area contributed by atoms with Crippen LogP contribution in [0.4, 0.5) is 0 Å². The molecule has 0 heterocycles. The third kappa shape index (κ3) is 22.9. The van der Waals surface area contributed by atoms with Gasteiger partial charge in [0.15, 0.2) is 0 Å². The van der Waals surface area contributed by atoms with Gasteiger partial charge in [-0.05, 0) is 237 Å². The van der Waals surface area contributed by atoms with Gasteiger partial charge in [-0.3, -0.25) is 9.59 Å². The summed E-state index contributed by atoms with van der Waals surface area (Å²) >= 11 is 0. The number of aromatic hydroxyl groups is 5. The van der Waals surface area contributed by atoms with Gasteiger partial charge in [0.05, 0.1) is 0 Å². The van der Waals surface area contributed by atoms with Gasteiger partial charge in [0, 0.05) is 25.9 Å². The topological polar surface area (TPSA) is 159 Å². The van der Waals surface area contributed by atoms with Crippen LogP contribution >= 0.6 is 0 Å². The Morgan fingerprint density at radius 3 is 0.573 bits per heavy atom. The Kier molecular flexibility index (Phi) is 27.1. The Balaban J connectivity index is 0.000000380. The standard InChI is InChI=1S/C54H78O3.C40H64N2O4/c1-31-37(22-34-25-40(49(4,5)6)46(55)41(26-34)50(7,8)9)32(2)39(24-36-29-44(53(16,17)18)48(57)45(30-36)54(19,20)21)33(3)38(31)23-35-27-42(51(10,11)12)47(56)43(28-35)52(13,14)15;1-37(2,3)29-23-27(24-30(35(29)45)38(4,5)6)17-19-33(43)41-21-15-13-14-16-22-42-34(44)20-18-28-25-31(39(7,8)9)36(46)32(26-28)40(10,11)12/h25-30,55-57H,22-24H2,1-21H3;23-26,45-46H,13-22H2,1-12H3,(H,41,43)(H,42,44). The van der Waals surface area contributed by atoms with Gasteiger partial charge in [-0.25, -0.2) is 0 Å². The number of aryl methyl sites for hydroxylation is 2. The Morgan fingerprint density at radius 2 is 0.417 bits per heavy atom. The fourth-order valence-corrected chi connectivity index (χ4v) is 14.3. The summed E-state index contributed by atoms with van der Waals surface area (Å²) in [5.74, 6) is 2.06. The highest BCUT2D eigenvalue weighted by Crippen LogP contribution is 2.47. The number of benzene rings is 6. The van der Waals surface area contributed by atoms with Crippen LogP contribution in [-0.4, -0.2) is 50.4 Å². The fourth-order valence-electron chi connectivity index (χ4n) is 14.3. The van der Waals surface area contributed by atoms with Gasteiger partial charge < -0.3 is 36.2 Å². The average Bonchev–Trinajstić information content (AvgIpc) is 0.760. The van der Waals surface area contributed by atoms with E-state index in [4.69, 9.17) is 0 Å². The van der Waals surface area contributed by atoms with Gasteiger partial charge >= 0.3 is 0 Å². The zero-order chi connectivity index (χ0) is 78.8. The van der Waals surface area contributed by atoms with E-state index >= 15 is 0 Å². The van der Waals surface area contributed by atoms with Gasteiger partial charge in [0.1, 0.15) is 28.7 Å². The summed E-state index contributed by atoms with van der Waals surface area (Å²) in [5.41, 5.74) is 21.1. The van der Waals surface area contributed by atoms with Crippen molar-refractivity contribution in [3.05, 3.63) is 177 Å². The molecule has 6 rings (SSSR count). The first-order valence-corrected chi connectivity index (χ1v) is 38.5. The summed E-state index contributed by atoms with van der Waals surface area (Å²) in [6, 6.07) is 21.6. The maximum absolute atomic E-state index is 12.6. The van der Waals surface area contributed by atoms with Crippen LogP contribution < -0.4 is 10.6 Å². The molecule has 0 radical (unpaired) electrons. The van der Waals surface area contributed by atoms with Crippen LogP contribution in [-0.2, 0) is 95.8 Å². The molecule has 0 atom stereocenters. The zero-order valence-corrected chi connectivity index (χ0v) is 71.0. The lowest BCUT2D eigenvalue weighted by Gasteiger charge is -2.30. The molecule has 2 amide bonds. The van der Waals surface area contributed by atoms with E-state index in [1.165, 1.54) is 50.1 Å². The Bertz CT molecular complexity index is 3440. The van der Waals surface area contributed by atoms with Crippen molar-refractivity contribution in [3.63, 3.8) is 0 Å². The SMILES string of the molecule is CC(C)(C)c1cc(CCC(=O)NCCCCCCNC(=O)CCc2cc(C(C)(C)C)c(O)c(C(C)(C)C)c2)cc(C(C)(C)C)c1O.Cc1c(Cc2cc(C(C)(C)C)c(O)c(C(C)(C)C)c2)c(C)c(Cc2cc(C(C)(C)C)c(O)c(C(C)(C)C)c2)c(C)c1Cc1cc(C(C)(C)C)c(O)c(C(C)(C)C)c1. The van der Waals surface area contributed by atoms with Crippen molar-refractivity contribution in [3.8, 4) is 28.7 Å². The normalized spacial score (nSPS) is 13.1. The van der Waals surface area contributed by atoms with Crippen molar-refractivity contribution >= 4 is 11.8 Å². The number of rotatable bonds is 19. The monoisotopic (exact) mass is 1410 g/mol. The number of phenols is 5. The molecule has 0 spiro atoms. The van der Waals surface area contributed by atoms with Gasteiger partial charge in [-0.15, -0.1) is 0 Å². The number of amides is 2. The second kappa shape index (κ2) is 32.1. The summed E-state index contributed by atoms with van der Waals surface area (Å²) in [6.07, 6.45) is 8.17.